The van der Waals surface area contributed by atoms with Gasteiger partial charge in [-0.05, 0) is 43.3 Å². The van der Waals surface area contributed by atoms with Crippen LogP contribution in [0.5, 0.6) is 0 Å². The average molecular weight is 282 g/mol. The first-order valence-electron chi connectivity index (χ1n) is 7.29. The molecular formula is C18H22N2O. The van der Waals surface area contributed by atoms with Gasteiger partial charge in [0.25, 0.3) is 0 Å². The summed E-state index contributed by atoms with van der Waals surface area (Å²) in [7, 11) is 0. The molecule has 0 heterocycles. The van der Waals surface area contributed by atoms with Crippen molar-refractivity contribution in [2.45, 2.75) is 26.4 Å². The van der Waals surface area contributed by atoms with Gasteiger partial charge < -0.3 is 5.73 Å². The van der Waals surface area contributed by atoms with Crippen molar-refractivity contribution in [3.63, 3.8) is 0 Å². The summed E-state index contributed by atoms with van der Waals surface area (Å²) in [5.41, 5.74) is 8.28. The van der Waals surface area contributed by atoms with Gasteiger partial charge in [-0.2, -0.15) is 0 Å². The summed E-state index contributed by atoms with van der Waals surface area (Å²) in [6.45, 7) is 5.65. The molecule has 0 saturated heterocycles. The molecule has 0 amide bonds. The number of benzene rings is 2. The lowest BCUT2D eigenvalue weighted by Gasteiger charge is -2.27. The van der Waals surface area contributed by atoms with E-state index in [1.165, 1.54) is 5.56 Å². The van der Waals surface area contributed by atoms with E-state index in [1.54, 1.807) is 24.3 Å². The number of ketones is 1. The summed E-state index contributed by atoms with van der Waals surface area (Å²) in [5, 5.41) is 0. The molecule has 3 nitrogen and oxygen atoms in total. The first-order valence-corrected chi connectivity index (χ1v) is 7.29. The largest absolute Gasteiger partial charge is 0.399 e. The number of carbonyl (C=O) groups excluding carboxylic acids is 1. The van der Waals surface area contributed by atoms with E-state index >= 15 is 0 Å². The molecular weight excluding hydrogens is 260 g/mol. The van der Waals surface area contributed by atoms with Gasteiger partial charge in [0.1, 0.15) is 0 Å². The Morgan fingerprint density at radius 3 is 2.29 bits per heavy atom. The molecule has 2 aromatic carbocycles. The van der Waals surface area contributed by atoms with Gasteiger partial charge >= 0.3 is 0 Å². The van der Waals surface area contributed by atoms with Crippen molar-refractivity contribution in [1.29, 1.82) is 0 Å². The number of nitrogens with zero attached hydrogens (tertiary/aromatic N) is 1. The first kappa shape index (κ1) is 15.3. The van der Waals surface area contributed by atoms with Crippen molar-refractivity contribution in [3.05, 3.63) is 65.7 Å². The molecule has 1 atom stereocenters. The molecule has 2 rings (SSSR count). The second-order valence-corrected chi connectivity index (χ2v) is 5.21. The quantitative estimate of drug-likeness (QED) is 0.653. The molecule has 0 radical (unpaired) electrons. The highest BCUT2D eigenvalue weighted by Crippen LogP contribution is 2.14. The minimum absolute atomic E-state index is 0.132. The number of rotatable bonds is 6. The maximum atomic E-state index is 12.6. The van der Waals surface area contributed by atoms with E-state index < -0.39 is 0 Å². The number of Topliss-reactive ketones (excluding diaryl/α,β-unsaturated/α-hetero) is 1. The van der Waals surface area contributed by atoms with Gasteiger partial charge in [0.15, 0.2) is 5.78 Å². The summed E-state index contributed by atoms with van der Waals surface area (Å²) >= 11 is 0. The Labute approximate surface area is 126 Å². The Kier molecular flexibility index (Phi) is 5.12. The van der Waals surface area contributed by atoms with Crippen LogP contribution < -0.4 is 5.73 Å². The fraction of sp³-hybridized carbons (Fsp3) is 0.278. The van der Waals surface area contributed by atoms with E-state index in [-0.39, 0.29) is 11.8 Å². The van der Waals surface area contributed by atoms with Crippen LogP contribution in [0.1, 0.15) is 29.8 Å². The van der Waals surface area contributed by atoms with E-state index in [1.807, 2.05) is 25.1 Å². The predicted octanol–water partition coefficient (Wildman–Crippen LogP) is 3.36. The lowest BCUT2D eigenvalue weighted by molar-refractivity contribution is 0.0835. The van der Waals surface area contributed by atoms with Crippen LogP contribution in [0.15, 0.2) is 54.6 Å². The second kappa shape index (κ2) is 7.04. The maximum absolute atomic E-state index is 12.6. The topological polar surface area (TPSA) is 46.3 Å². The third-order valence-electron chi connectivity index (χ3n) is 3.76. The molecule has 0 saturated carbocycles. The molecule has 0 aromatic heterocycles. The van der Waals surface area contributed by atoms with E-state index in [0.717, 1.165) is 13.1 Å². The number of carbonyl (C=O) groups is 1. The highest BCUT2D eigenvalue weighted by atomic mass is 16.1. The molecule has 0 fully saturated rings. The van der Waals surface area contributed by atoms with Crippen LogP contribution in [0, 0.1) is 0 Å². The van der Waals surface area contributed by atoms with Crippen LogP contribution >= 0.6 is 0 Å². The van der Waals surface area contributed by atoms with Crippen LogP contribution in [0.3, 0.4) is 0 Å². The van der Waals surface area contributed by atoms with Crippen LogP contribution in [0.2, 0.25) is 0 Å². The maximum Gasteiger partial charge on any atom is 0.179 e. The van der Waals surface area contributed by atoms with Gasteiger partial charge in [-0.25, -0.2) is 0 Å². The van der Waals surface area contributed by atoms with Gasteiger partial charge in [0, 0.05) is 17.8 Å². The standard InChI is InChI=1S/C18H22N2O/c1-3-20(13-15-7-5-4-6-8-15)14(2)18(21)16-9-11-17(19)12-10-16/h4-12,14H,3,13,19H2,1-2H3. The zero-order valence-corrected chi connectivity index (χ0v) is 12.6. The number of likely N-dealkylation sites (N-methyl/N-ethyl adjacent to an activating group) is 1. The third kappa shape index (κ3) is 3.92. The molecule has 1 unspecified atom stereocenters. The van der Waals surface area contributed by atoms with E-state index in [4.69, 9.17) is 5.73 Å². The highest BCUT2D eigenvalue weighted by molar-refractivity contribution is 6.00. The Morgan fingerprint density at radius 1 is 1.10 bits per heavy atom. The molecule has 0 aliphatic rings. The van der Waals surface area contributed by atoms with Crippen LogP contribution in [-0.4, -0.2) is 23.3 Å². The van der Waals surface area contributed by atoms with Crippen molar-refractivity contribution in [2.24, 2.45) is 0 Å². The summed E-state index contributed by atoms with van der Waals surface area (Å²) in [6.07, 6.45) is 0. The monoisotopic (exact) mass is 282 g/mol. The minimum atomic E-state index is -0.154. The van der Waals surface area contributed by atoms with E-state index in [2.05, 4.69) is 24.0 Å². The van der Waals surface area contributed by atoms with E-state index in [0.29, 0.717) is 11.3 Å². The van der Waals surface area contributed by atoms with Gasteiger partial charge in [0.2, 0.25) is 0 Å². The lowest BCUT2D eigenvalue weighted by Crippen LogP contribution is -2.38. The molecule has 2 aromatic rings. The summed E-state index contributed by atoms with van der Waals surface area (Å²) in [4.78, 5) is 14.7. The summed E-state index contributed by atoms with van der Waals surface area (Å²) in [5.74, 6) is 0.132. The number of hydrogen-bond acceptors (Lipinski definition) is 3. The van der Waals surface area contributed by atoms with E-state index in [9.17, 15) is 4.79 Å². The smallest absolute Gasteiger partial charge is 0.179 e. The van der Waals surface area contributed by atoms with Crippen LogP contribution in [-0.2, 0) is 6.54 Å². The Balaban J connectivity index is 2.10. The molecule has 21 heavy (non-hydrogen) atoms. The molecule has 2 N–H and O–H groups in total. The van der Waals surface area contributed by atoms with Gasteiger partial charge in [-0.1, -0.05) is 37.3 Å². The predicted molar refractivity (Wildman–Crippen MR) is 87.2 cm³/mol. The van der Waals surface area contributed by atoms with Crippen molar-refractivity contribution < 1.29 is 4.79 Å². The van der Waals surface area contributed by atoms with Crippen LogP contribution in [0.25, 0.3) is 0 Å². The Morgan fingerprint density at radius 2 is 1.71 bits per heavy atom. The van der Waals surface area contributed by atoms with Gasteiger partial charge in [0.05, 0.1) is 6.04 Å². The lowest BCUT2D eigenvalue weighted by atomic mass is 10.0. The van der Waals surface area contributed by atoms with Crippen molar-refractivity contribution in [3.8, 4) is 0 Å². The zero-order chi connectivity index (χ0) is 15.2. The number of nitrogen functional groups attached to an aromatic ring is 1. The van der Waals surface area contributed by atoms with Gasteiger partial charge in [-0.3, -0.25) is 9.69 Å². The second-order valence-electron chi connectivity index (χ2n) is 5.21. The van der Waals surface area contributed by atoms with Crippen molar-refractivity contribution >= 4 is 11.5 Å². The molecule has 0 spiro atoms. The first-order chi connectivity index (χ1) is 10.1. The minimum Gasteiger partial charge on any atom is -0.399 e. The highest BCUT2D eigenvalue weighted by Gasteiger charge is 2.21. The average Bonchev–Trinajstić information content (AvgIpc) is 2.53. The third-order valence-corrected chi connectivity index (χ3v) is 3.76. The summed E-state index contributed by atoms with van der Waals surface area (Å²) < 4.78 is 0. The number of hydrogen-bond donors (Lipinski definition) is 1. The van der Waals surface area contributed by atoms with Crippen LogP contribution in [0.4, 0.5) is 5.69 Å². The SMILES string of the molecule is CCN(Cc1ccccc1)C(C)C(=O)c1ccc(N)cc1. The van der Waals surface area contributed by atoms with Crippen molar-refractivity contribution in [2.75, 3.05) is 12.3 Å². The number of nitrogens with two attached hydrogens (primary N) is 1. The Bertz CT molecular complexity index is 578. The fourth-order valence-corrected chi connectivity index (χ4v) is 2.39. The normalized spacial score (nSPS) is 12.3. The molecule has 3 heteroatoms. The Hall–Kier alpha value is -2.13. The van der Waals surface area contributed by atoms with Gasteiger partial charge in [-0.15, -0.1) is 0 Å². The summed E-state index contributed by atoms with van der Waals surface area (Å²) in [6, 6.07) is 17.2. The van der Waals surface area contributed by atoms with Crippen molar-refractivity contribution in [1.82, 2.24) is 4.90 Å². The fourth-order valence-electron chi connectivity index (χ4n) is 2.39. The molecule has 110 valence electrons. The molecule has 0 bridgehead atoms. The molecule has 0 aliphatic carbocycles. The number of anilines is 1. The zero-order valence-electron chi connectivity index (χ0n) is 12.6. The molecule has 0 aliphatic heterocycles.